The van der Waals surface area contributed by atoms with Crippen molar-refractivity contribution in [1.29, 1.82) is 0 Å². The lowest BCUT2D eigenvalue weighted by Crippen LogP contribution is -2.18. The first kappa shape index (κ1) is 18.3. The lowest BCUT2D eigenvalue weighted by atomic mass is 10.2. The van der Waals surface area contributed by atoms with Gasteiger partial charge in [0.25, 0.3) is 0 Å². The van der Waals surface area contributed by atoms with Crippen LogP contribution in [0.1, 0.15) is 5.69 Å². The van der Waals surface area contributed by atoms with Gasteiger partial charge in [-0.15, -0.1) is 0 Å². The average Bonchev–Trinajstić information content (AvgIpc) is 3.04. The molecule has 0 aliphatic heterocycles. The van der Waals surface area contributed by atoms with E-state index in [-0.39, 0.29) is 27.4 Å². The monoisotopic (exact) mass is 413 g/mol. The summed E-state index contributed by atoms with van der Waals surface area (Å²) in [6.07, 6.45) is 0. The van der Waals surface area contributed by atoms with Crippen LogP contribution in [0.3, 0.4) is 0 Å². The van der Waals surface area contributed by atoms with E-state index in [1.165, 1.54) is 16.7 Å². The number of H-pyrrole nitrogens is 1. The summed E-state index contributed by atoms with van der Waals surface area (Å²) >= 11 is 11.2. The molecular formula is C19H13ClFN5OS. The lowest BCUT2D eigenvalue weighted by molar-refractivity contribution is 0.617. The highest BCUT2D eigenvalue weighted by Gasteiger charge is 2.19. The zero-order chi connectivity index (χ0) is 19.8. The van der Waals surface area contributed by atoms with Crippen molar-refractivity contribution >= 4 is 23.8 Å². The largest absolute Gasteiger partial charge is 0.287 e. The number of nitrogens with zero attached hydrogens (tertiary/aromatic N) is 4. The molecule has 9 heteroatoms. The molecule has 0 aliphatic rings. The molecule has 0 aliphatic carbocycles. The molecule has 2 aromatic heterocycles. The van der Waals surface area contributed by atoms with Crippen LogP contribution in [-0.2, 0) is 0 Å². The van der Waals surface area contributed by atoms with Gasteiger partial charge in [-0.2, -0.15) is 10.2 Å². The number of nitrogens with one attached hydrogen (secondary N) is 1. The molecule has 0 fully saturated rings. The molecule has 4 aromatic rings. The second-order valence-corrected chi connectivity index (χ2v) is 6.85. The fraction of sp³-hybridized carbons (Fsp3) is 0.0526. The third kappa shape index (κ3) is 3.17. The minimum Gasteiger partial charge on any atom is -0.287 e. The van der Waals surface area contributed by atoms with Gasteiger partial charge < -0.3 is 0 Å². The fourth-order valence-electron chi connectivity index (χ4n) is 2.86. The summed E-state index contributed by atoms with van der Waals surface area (Å²) in [6.45, 7) is 1.76. The molecule has 4 rings (SSSR count). The summed E-state index contributed by atoms with van der Waals surface area (Å²) in [4.78, 5) is 12.7. The summed E-state index contributed by atoms with van der Waals surface area (Å²) in [5.41, 5.74) is 1.21. The van der Waals surface area contributed by atoms with Gasteiger partial charge in [0, 0.05) is 16.8 Å². The van der Waals surface area contributed by atoms with E-state index in [4.69, 9.17) is 23.8 Å². The highest BCUT2D eigenvalue weighted by atomic mass is 35.5. The number of hydrogen-bond acceptors (Lipinski definition) is 4. The van der Waals surface area contributed by atoms with E-state index >= 15 is 0 Å². The summed E-state index contributed by atoms with van der Waals surface area (Å²) in [5.74, 6) is -0.366. The predicted molar refractivity (Wildman–Crippen MR) is 107 cm³/mol. The summed E-state index contributed by atoms with van der Waals surface area (Å²) in [5, 5.41) is 11.8. The Morgan fingerprint density at radius 2 is 1.86 bits per heavy atom. The average molecular weight is 414 g/mol. The topological polar surface area (TPSA) is 68.5 Å². The SMILES string of the molecule is Cc1cc(=O)c(-c2n[nH]c(=S)n2-c2ccccc2F)nn1-c1ccc(Cl)cc1. The van der Waals surface area contributed by atoms with Crippen LogP contribution in [0.25, 0.3) is 22.9 Å². The van der Waals surface area contributed by atoms with Crippen molar-refractivity contribution in [2.24, 2.45) is 0 Å². The second-order valence-electron chi connectivity index (χ2n) is 6.03. The van der Waals surface area contributed by atoms with Gasteiger partial charge in [-0.05, 0) is 55.5 Å². The Morgan fingerprint density at radius 1 is 1.14 bits per heavy atom. The molecular weight excluding hydrogens is 401 g/mol. The molecule has 0 unspecified atom stereocenters. The maximum atomic E-state index is 14.4. The molecule has 6 nitrogen and oxygen atoms in total. The molecule has 0 saturated heterocycles. The number of hydrogen-bond donors (Lipinski definition) is 1. The molecule has 0 saturated carbocycles. The van der Waals surface area contributed by atoms with Gasteiger partial charge in [-0.3, -0.25) is 14.5 Å². The van der Waals surface area contributed by atoms with Gasteiger partial charge in [-0.25, -0.2) is 9.07 Å². The van der Waals surface area contributed by atoms with Gasteiger partial charge in [0.1, 0.15) is 5.82 Å². The Labute approximate surface area is 168 Å². The summed E-state index contributed by atoms with van der Waals surface area (Å²) < 4.78 is 17.5. The van der Waals surface area contributed by atoms with E-state index in [9.17, 15) is 9.18 Å². The molecule has 2 heterocycles. The maximum Gasteiger partial charge on any atom is 0.211 e. The zero-order valence-electron chi connectivity index (χ0n) is 14.6. The van der Waals surface area contributed by atoms with Crippen LogP contribution in [0, 0.1) is 17.5 Å². The molecule has 0 bridgehead atoms. The Balaban J connectivity index is 1.96. The number of aryl methyl sites for hydroxylation is 1. The number of benzene rings is 2. The van der Waals surface area contributed by atoms with E-state index < -0.39 is 5.82 Å². The summed E-state index contributed by atoms with van der Waals surface area (Å²) in [7, 11) is 0. The highest BCUT2D eigenvalue weighted by Crippen LogP contribution is 2.21. The first-order valence-corrected chi connectivity index (χ1v) is 9.04. The van der Waals surface area contributed by atoms with E-state index in [1.54, 1.807) is 54.1 Å². The second kappa shape index (κ2) is 7.14. The van der Waals surface area contributed by atoms with Crippen molar-refractivity contribution in [3.63, 3.8) is 0 Å². The summed E-state index contributed by atoms with van der Waals surface area (Å²) in [6, 6.07) is 14.6. The highest BCUT2D eigenvalue weighted by molar-refractivity contribution is 7.71. The van der Waals surface area contributed by atoms with Crippen LogP contribution in [0.5, 0.6) is 0 Å². The molecule has 28 heavy (non-hydrogen) atoms. The van der Waals surface area contributed by atoms with Crippen LogP contribution in [0.2, 0.25) is 5.02 Å². The fourth-order valence-corrected chi connectivity index (χ4v) is 3.21. The number of aromatic nitrogens is 5. The molecule has 140 valence electrons. The third-order valence-corrected chi connectivity index (χ3v) is 4.68. The Bertz CT molecular complexity index is 1290. The van der Waals surface area contributed by atoms with Crippen molar-refractivity contribution < 1.29 is 4.39 Å². The minimum absolute atomic E-state index is 0.0381. The maximum absolute atomic E-state index is 14.4. The van der Waals surface area contributed by atoms with Crippen LogP contribution >= 0.6 is 23.8 Å². The van der Waals surface area contributed by atoms with E-state index in [0.717, 1.165) is 5.69 Å². The van der Waals surface area contributed by atoms with Crippen molar-refractivity contribution in [3.05, 3.63) is 86.1 Å². The predicted octanol–water partition coefficient (Wildman–Crippen LogP) is 4.24. The van der Waals surface area contributed by atoms with Crippen LogP contribution in [0.4, 0.5) is 4.39 Å². The number of aromatic amines is 1. The molecule has 0 atom stereocenters. The molecule has 0 radical (unpaired) electrons. The van der Waals surface area contributed by atoms with Crippen molar-refractivity contribution in [2.45, 2.75) is 6.92 Å². The third-order valence-electron chi connectivity index (χ3n) is 4.16. The Morgan fingerprint density at radius 3 is 2.57 bits per heavy atom. The first-order valence-electron chi connectivity index (χ1n) is 8.25. The smallest absolute Gasteiger partial charge is 0.211 e. The van der Waals surface area contributed by atoms with Crippen molar-refractivity contribution in [3.8, 4) is 22.9 Å². The van der Waals surface area contributed by atoms with Crippen molar-refractivity contribution in [2.75, 3.05) is 0 Å². The van der Waals surface area contributed by atoms with Crippen LogP contribution in [0.15, 0.2) is 59.4 Å². The van der Waals surface area contributed by atoms with E-state index in [0.29, 0.717) is 10.7 Å². The van der Waals surface area contributed by atoms with E-state index in [2.05, 4.69) is 15.3 Å². The Kier molecular flexibility index (Phi) is 4.66. The van der Waals surface area contributed by atoms with Crippen molar-refractivity contribution in [1.82, 2.24) is 24.5 Å². The Hall–Kier alpha value is -3.10. The minimum atomic E-state index is -0.494. The number of rotatable bonds is 3. The standard InChI is InChI=1S/C19H13ClFN5OS/c1-11-10-16(27)17(24-26(11)13-8-6-12(20)7-9-13)18-22-23-19(28)25(18)15-5-3-2-4-14(15)21/h2-10H,1H3,(H,23,28). The van der Waals surface area contributed by atoms with Gasteiger partial charge >= 0.3 is 0 Å². The quantitative estimate of drug-likeness (QED) is 0.510. The van der Waals surface area contributed by atoms with E-state index in [1.807, 2.05) is 0 Å². The van der Waals surface area contributed by atoms with Gasteiger partial charge in [-0.1, -0.05) is 23.7 Å². The normalized spacial score (nSPS) is 11.0. The van der Waals surface area contributed by atoms with Gasteiger partial charge in [0.15, 0.2) is 16.3 Å². The van der Waals surface area contributed by atoms with Crippen LogP contribution in [-0.4, -0.2) is 24.5 Å². The molecule has 2 aromatic carbocycles. The molecule has 1 N–H and O–H groups in total. The van der Waals surface area contributed by atoms with Crippen LogP contribution < -0.4 is 5.43 Å². The molecule has 0 amide bonds. The number of halogens is 2. The zero-order valence-corrected chi connectivity index (χ0v) is 16.1. The lowest BCUT2D eigenvalue weighted by Gasteiger charge is -2.12. The van der Waals surface area contributed by atoms with Gasteiger partial charge in [0.05, 0.1) is 11.4 Å². The molecule has 0 spiro atoms. The number of para-hydroxylation sites is 1. The first-order chi connectivity index (χ1) is 13.5. The van der Waals surface area contributed by atoms with Gasteiger partial charge in [0.2, 0.25) is 5.43 Å².